The monoisotopic (exact) mass is 294 g/mol. The second kappa shape index (κ2) is 7.41. The molecule has 0 saturated heterocycles. The average Bonchev–Trinajstić information content (AvgIpc) is 2.43. The largest absolute Gasteiger partial charge is 0.313 e. The van der Waals surface area contributed by atoms with Crippen molar-refractivity contribution in [3.63, 3.8) is 0 Å². The smallest absolute Gasteiger partial charge is 0.179 e. The van der Waals surface area contributed by atoms with E-state index in [0.29, 0.717) is 24.1 Å². The SMILES string of the molecule is CCC(NCCS(=O)(=O)c1ccc(C#N)cc1)C(C)C. The molecule has 5 heteroatoms. The highest BCUT2D eigenvalue weighted by Crippen LogP contribution is 2.12. The van der Waals surface area contributed by atoms with Gasteiger partial charge < -0.3 is 5.32 Å². The van der Waals surface area contributed by atoms with Crippen LogP contribution in [-0.2, 0) is 9.84 Å². The molecule has 0 heterocycles. The molecule has 0 aliphatic carbocycles. The van der Waals surface area contributed by atoms with Gasteiger partial charge in [0.2, 0.25) is 0 Å². The number of hydrogen-bond acceptors (Lipinski definition) is 4. The number of rotatable bonds is 7. The van der Waals surface area contributed by atoms with Crippen LogP contribution in [0.4, 0.5) is 0 Å². The van der Waals surface area contributed by atoms with Gasteiger partial charge in [0.15, 0.2) is 9.84 Å². The summed E-state index contributed by atoms with van der Waals surface area (Å²) in [5, 5.41) is 12.0. The van der Waals surface area contributed by atoms with Crippen LogP contribution in [0.1, 0.15) is 32.8 Å². The standard InChI is InChI=1S/C15H22N2O2S/c1-4-15(12(2)3)17-9-10-20(18,19)14-7-5-13(11-16)6-8-14/h5-8,12,15,17H,4,9-10H2,1-3H3. The van der Waals surface area contributed by atoms with Gasteiger partial charge in [-0.3, -0.25) is 0 Å². The van der Waals surface area contributed by atoms with Gasteiger partial charge in [-0.05, 0) is 36.6 Å². The fraction of sp³-hybridized carbons (Fsp3) is 0.533. The Morgan fingerprint density at radius 3 is 2.30 bits per heavy atom. The Balaban J connectivity index is 2.64. The van der Waals surface area contributed by atoms with Gasteiger partial charge in [-0.2, -0.15) is 5.26 Å². The van der Waals surface area contributed by atoms with Crippen molar-refractivity contribution in [3.05, 3.63) is 29.8 Å². The van der Waals surface area contributed by atoms with Gasteiger partial charge in [0.1, 0.15) is 0 Å². The molecule has 0 saturated carbocycles. The Labute approximate surface area is 121 Å². The Morgan fingerprint density at radius 1 is 1.25 bits per heavy atom. The molecule has 1 rings (SSSR count). The van der Waals surface area contributed by atoms with Gasteiger partial charge in [0.25, 0.3) is 0 Å². The predicted molar refractivity (Wildman–Crippen MR) is 80.1 cm³/mol. The number of hydrogen-bond donors (Lipinski definition) is 1. The highest BCUT2D eigenvalue weighted by molar-refractivity contribution is 7.91. The molecule has 0 aromatic heterocycles. The van der Waals surface area contributed by atoms with Crippen LogP contribution in [-0.4, -0.2) is 26.8 Å². The maximum Gasteiger partial charge on any atom is 0.179 e. The zero-order chi connectivity index (χ0) is 15.2. The third-order valence-corrected chi connectivity index (χ3v) is 5.10. The predicted octanol–water partition coefficient (Wildman–Crippen LogP) is 2.36. The van der Waals surface area contributed by atoms with Crippen molar-refractivity contribution in [2.45, 2.75) is 38.1 Å². The van der Waals surface area contributed by atoms with Crippen molar-refractivity contribution in [3.8, 4) is 6.07 Å². The number of nitrogens with zero attached hydrogens (tertiary/aromatic N) is 1. The molecule has 1 aromatic carbocycles. The molecule has 0 spiro atoms. The molecule has 1 unspecified atom stereocenters. The van der Waals surface area contributed by atoms with E-state index < -0.39 is 9.84 Å². The molecule has 0 aliphatic rings. The molecular weight excluding hydrogens is 272 g/mol. The van der Waals surface area contributed by atoms with Crippen molar-refractivity contribution in [1.82, 2.24) is 5.32 Å². The summed E-state index contributed by atoms with van der Waals surface area (Å²) in [7, 11) is -3.29. The quantitative estimate of drug-likeness (QED) is 0.838. The normalized spacial score (nSPS) is 13.2. The number of sulfone groups is 1. The lowest BCUT2D eigenvalue weighted by Crippen LogP contribution is -2.36. The Morgan fingerprint density at radius 2 is 1.85 bits per heavy atom. The molecule has 0 amide bonds. The van der Waals surface area contributed by atoms with E-state index in [9.17, 15) is 8.42 Å². The maximum absolute atomic E-state index is 12.1. The minimum absolute atomic E-state index is 0.0715. The summed E-state index contributed by atoms with van der Waals surface area (Å²) in [5.41, 5.74) is 0.466. The van der Waals surface area contributed by atoms with Gasteiger partial charge in [0.05, 0.1) is 22.3 Å². The van der Waals surface area contributed by atoms with Crippen LogP contribution in [0.25, 0.3) is 0 Å². The van der Waals surface area contributed by atoms with Crippen LogP contribution in [0.3, 0.4) is 0 Å². The summed E-state index contributed by atoms with van der Waals surface area (Å²) in [6.07, 6.45) is 0.981. The summed E-state index contributed by atoms with van der Waals surface area (Å²) < 4.78 is 24.3. The molecule has 0 fully saturated rings. The molecule has 0 bridgehead atoms. The Bertz CT molecular complexity index is 557. The van der Waals surface area contributed by atoms with Gasteiger partial charge in [-0.15, -0.1) is 0 Å². The molecule has 1 atom stereocenters. The van der Waals surface area contributed by atoms with Gasteiger partial charge >= 0.3 is 0 Å². The first-order chi connectivity index (χ1) is 9.40. The van der Waals surface area contributed by atoms with Crippen molar-refractivity contribution in [2.75, 3.05) is 12.3 Å². The van der Waals surface area contributed by atoms with Crippen LogP contribution in [0, 0.1) is 17.2 Å². The van der Waals surface area contributed by atoms with Crippen LogP contribution in [0.15, 0.2) is 29.2 Å². The summed E-state index contributed by atoms with van der Waals surface area (Å²) in [6, 6.07) is 8.37. The fourth-order valence-corrected chi connectivity index (χ4v) is 3.26. The minimum Gasteiger partial charge on any atom is -0.313 e. The zero-order valence-corrected chi connectivity index (χ0v) is 13.1. The lowest BCUT2D eigenvalue weighted by atomic mass is 10.0. The van der Waals surface area contributed by atoms with E-state index in [1.54, 1.807) is 0 Å². The van der Waals surface area contributed by atoms with Crippen molar-refractivity contribution >= 4 is 9.84 Å². The molecule has 110 valence electrons. The third kappa shape index (κ3) is 4.62. The van der Waals surface area contributed by atoms with E-state index in [1.807, 2.05) is 6.07 Å². The van der Waals surface area contributed by atoms with E-state index in [-0.39, 0.29) is 10.6 Å². The zero-order valence-electron chi connectivity index (χ0n) is 12.3. The summed E-state index contributed by atoms with van der Waals surface area (Å²) in [4.78, 5) is 0.274. The highest BCUT2D eigenvalue weighted by Gasteiger charge is 2.16. The first-order valence-electron chi connectivity index (χ1n) is 6.87. The van der Waals surface area contributed by atoms with Crippen molar-refractivity contribution < 1.29 is 8.42 Å². The van der Waals surface area contributed by atoms with Gasteiger partial charge in [0, 0.05) is 12.6 Å². The van der Waals surface area contributed by atoms with Crippen molar-refractivity contribution in [1.29, 1.82) is 5.26 Å². The Kier molecular flexibility index (Phi) is 6.18. The minimum atomic E-state index is -3.29. The summed E-state index contributed by atoms with van der Waals surface area (Å²) in [6.45, 7) is 6.78. The highest BCUT2D eigenvalue weighted by atomic mass is 32.2. The topological polar surface area (TPSA) is 70.0 Å². The van der Waals surface area contributed by atoms with Crippen molar-refractivity contribution in [2.24, 2.45) is 5.92 Å². The lowest BCUT2D eigenvalue weighted by molar-refractivity contribution is 0.397. The molecule has 4 nitrogen and oxygen atoms in total. The third-order valence-electron chi connectivity index (χ3n) is 3.36. The molecule has 0 aliphatic heterocycles. The maximum atomic E-state index is 12.1. The van der Waals surface area contributed by atoms with E-state index in [2.05, 4.69) is 26.1 Å². The van der Waals surface area contributed by atoms with Crippen LogP contribution in [0.2, 0.25) is 0 Å². The number of nitriles is 1. The van der Waals surface area contributed by atoms with Crippen LogP contribution in [0.5, 0.6) is 0 Å². The first-order valence-corrected chi connectivity index (χ1v) is 8.52. The van der Waals surface area contributed by atoms with Gasteiger partial charge in [-0.25, -0.2) is 8.42 Å². The molecule has 1 aromatic rings. The van der Waals surface area contributed by atoms with E-state index >= 15 is 0 Å². The molecule has 0 radical (unpaired) electrons. The van der Waals surface area contributed by atoms with Gasteiger partial charge in [-0.1, -0.05) is 20.8 Å². The second-order valence-electron chi connectivity index (χ2n) is 5.17. The average molecular weight is 294 g/mol. The van der Waals surface area contributed by atoms with E-state index in [4.69, 9.17) is 5.26 Å². The summed E-state index contributed by atoms with van der Waals surface area (Å²) in [5.74, 6) is 0.555. The second-order valence-corrected chi connectivity index (χ2v) is 7.28. The number of nitrogens with one attached hydrogen (secondary N) is 1. The van der Waals surface area contributed by atoms with Crippen LogP contribution < -0.4 is 5.32 Å². The van der Waals surface area contributed by atoms with E-state index in [1.165, 1.54) is 24.3 Å². The summed E-state index contributed by atoms with van der Waals surface area (Å²) >= 11 is 0. The van der Waals surface area contributed by atoms with E-state index in [0.717, 1.165) is 6.42 Å². The lowest BCUT2D eigenvalue weighted by Gasteiger charge is -2.20. The first kappa shape index (κ1) is 16.7. The fourth-order valence-electron chi connectivity index (χ4n) is 2.08. The number of benzene rings is 1. The molecule has 20 heavy (non-hydrogen) atoms. The molecule has 1 N–H and O–H groups in total. The Hall–Kier alpha value is -1.38. The van der Waals surface area contributed by atoms with Crippen LogP contribution >= 0.6 is 0 Å². The molecular formula is C15H22N2O2S.